The molecule has 1 aliphatic carbocycles. The van der Waals surface area contributed by atoms with Crippen molar-refractivity contribution in [2.24, 2.45) is 11.3 Å². The second kappa shape index (κ2) is 5.32. The van der Waals surface area contributed by atoms with Crippen LogP contribution >= 0.6 is 0 Å². The minimum absolute atomic E-state index is 0.135. The third-order valence-corrected chi connectivity index (χ3v) is 3.68. The molecule has 1 rings (SSSR count). The topological polar surface area (TPSA) is 63.6 Å². The fourth-order valence-electron chi connectivity index (χ4n) is 2.67. The van der Waals surface area contributed by atoms with Gasteiger partial charge in [0, 0.05) is 0 Å². The van der Waals surface area contributed by atoms with Crippen molar-refractivity contribution in [1.82, 2.24) is 0 Å². The van der Waals surface area contributed by atoms with Gasteiger partial charge in [0.2, 0.25) is 0 Å². The predicted molar refractivity (Wildman–Crippen MR) is 59.0 cm³/mol. The highest BCUT2D eigenvalue weighted by Crippen LogP contribution is 2.41. The number of methoxy groups -OCH3 is 1. The van der Waals surface area contributed by atoms with Crippen LogP contribution in [0.1, 0.15) is 45.4 Å². The fraction of sp³-hybridized carbons (Fsp3) is 0.833. The molecule has 0 saturated heterocycles. The molecule has 92 valence electrons. The van der Waals surface area contributed by atoms with Crippen LogP contribution in [0.15, 0.2) is 0 Å². The zero-order valence-corrected chi connectivity index (χ0v) is 9.99. The van der Waals surface area contributed by atoms with Crippen LogP contribution < -0.4 is 0 Å². The third kappa shape index (κ3) is 2.74. The number of aliphatic carboxylic acids is 1. The number of carboxylic acid groups (broad SMARTS) is 1. The molecule has 0 radical (unpaired) electrons. The first-order valence-electron chi connectivity index (χ1n) is 5.81. The van der Waals surface area contributed by atoms with Gasteiger partial charge in [-0.2, -0.15) is 0 Å². The van der Waals surface area contributed by atoms with E-state index in [-0.39, 0.29) is 18.3 Å². The van der Waals surface area contributed by atoms with E-state index in [0.717, 1.165) is 25.7 Å². The number of ether oxygens (including phenoxy) is 1. The SMILES string of the molecule is COC(=O)[C@](C)(CC(=O)O)C1CCCCC1. The molecule has 1 aliphatic rings. The summed E-state index contributed by atoms with van der Waals surface area (Å²) in [5, 5.41) is 8.92. The predicted octanol–water partition coefficient (Wildman–Crippen LogP) is 2.22. The Balaban J connectivity index is 2.83. The van der Waals surface area contributed by atoms with Gasteiger partial charge in [-0.15, -0.1) is 0 Å². The van der Waals surface area contributed by atoms with Gasteiger partial charge >= 0.3 is 11.9 Å². The third-order valence-electron chi connectivity index (χ3n) is 3.68. The zero-order chi connectivity index (χ0) is 12.2. The van der Waals surface area contributed by atoms with Crippen LogP contribution in [-0.2, 0) is 14.3 Å². The molecule has 0 aromatic heterocycles. The van der Waals surface area contributed by atoms with Crippen molar-refractivity contribution >= 4 is 11.9 Å². The monoisotopic (exact) mass is 228 g/mol. The summed E-state index contributed by atoms with van der Waals surface area (Å²) in [6.07, 6.45) is 5.07. The van der Waals surface area contributed by atoms with Crippen LogP contribution in [0.4, 0.5) is 0 Å². The molecule has 0 spiro atoms. The maximum atomic E-state index is 11.8. The number of carbonyl (C=O) groups excluding carboxylic acids is 1. The molecule has 1 saturated carbocycles. The Morgan fingerprint density at radius 2 is 1.88 bits per heavy atom. The molecule has 4 nitrogen and oxygen atoms in total. The highest BCUT2D eigenvalue weighted by molar-refractivity contribution is 5.82. The first-order valence-corrected chi connectivity index (χ1v) is 5.81. The lowest BCUT2D eigenvalue weighted by atomic mass is 9.68. The molecule has 1 N–H and O–H groups in total. The molecule has 0 aromatic rings. The van der Waals surface area contributed by atoms with Gasteiger partial charge in [-0.1, -0.05) is 19.3 Å². The standard InChI is InChI=1S/C12H20O4/c1-12(8-10(13)14,11(15)16-2)9-6-4-3-5-7-9/h9H,3-8H2,1-2H3,(H,13,14)/t12-/m1/s1. The normalized spacial score (nSPS) is 21.1. The largest absolute Gasteiger partial charge is 0.481 e. The molecular weight excluding hydrogens is 208 g/mol. The Bertz CT molecular complexity index is 268. The van der Waals surface area contributed by atoms with Crippen LogP contribution in [0.3, 0.4) is 0 Å². The minimum atomic E-state index is -0.932. The molecule has 0 bridgehead atoms. The first-order chi connectivity index (χ1) is 7.50. The quantitative estimate of drug-likeness (QED) is 0.749. The summed E-state index contributed by atoms with van der Waals surface area (Å²) in [6, 6.07) is 0. The molecule has 4 heteroatoms. The van der Waals surface area contributed by atoms with E-state index in [4.69, 9.17) is 9.84 Å². The summed E-state index contributed by atoms with van der Waals surface area (Å²) in [5.41, 5.74) is -0.860. The minimum Gasteiger partial charge on any atom is -0.481 e. The summed E-state index contributed by atoms with van der Waals surface area (Å²) in [6.45, 7) is 1.73. The van der Waals surface area contributed by atoms with E-state index in [2.05, 4.69) is 0 Å². The lowest BCUT2D eigenvalue weighted by Crippen LogP contribution is -2.40. The van der Waals surface area contributed by atoms with Crippen molar-refractivity contribution in [3.8, 4) is 0 Å². The summed E-state index contributed by atoms with van der Waals surface area (Å²) in [5.74, 6) is -1.18. The van der Waals surface area contributed by atoms with Crippen LogP contribution in [0.25, 0.3) is 0 Å². The van der Waals surface area contributed by atoms with E-state index in [1.54, 1.807) is 6.92 Å². The van der Waals surface area contributed by atoms with Crippen LogP contribution in [0.5, 0.6) is 0 Å². The molecule has 0 heterocycles. The Labute approximate surface area is 96.0 Å². The summed E-state index contributed by atoms with van der Waals surface area (Å²) in [7, 11) is 1.32. The van der Waals surface area contributed by atoms with E-state index in [1.165, 1.54) is 13.5 Å². The lowest BCUT2D eigenvalue weighted by molar-refractivity contribution is -0.162. The number of esters is 1. The smallest absolute Gasteiger partial charge is 0.312 e. The molecule has 1 atom stereocenters. The lowest BCUT2D eigenvalue weighted by Gasteiger charge is -2.36. The van der Waals surface area contributed by atoms with Crippen molar-refractivity contribution in [2.45, 2.75) is 45.4 Å². The molecule has 0 aliphatic heterocycles. The highest BCUT2D eigenvalue weighted by Gasteiger charge is 2.44. The van der Waals surface area contributed by atoms with Crippen molar-refractivity contribution < 1.29 is 19.4 Å². The molecular formula is C12H20O4. The van der Waals surface area contributed by atoms with Gasteiger partial charge in [0.25, 0.3) is 0 Å². The van der Waals surface area contributed by atoms with E-state index in [9.17, 15) is 9.59 Å². The molecule has 0 unspecified atom stereocenters. The van der Waals surface area contributed by atoms with Crippen LogP contribution in [0, 0.1) is 11.3 Å². The van der Waals surface area contributed by atoms with Gasteiger partial charge in [-0.3, -0.25) is 9.59 Å². The van der Waals surface area contributed by atoms with E-state index < -0.39 is 11.4 Å². The highest BCUT2D eigenvalue weighted by atomic mass is 16.5. The Kier molecular flexibility index (Phi) is 4.33. The van der Waals surface area contributed by atoms with Crippen molar-refractivity contribution in [2.75, 3.05) is 7.11 Å². The van der Waals surface area contributed by atoms with Gasteiger partial charge < -0.3 is 9.84 Å². The summed E-state index contributed by atoms with van der Waals surface area (Å²) < 4.78 is 4.77. The van der Waals surface area contributed by atoms with Crippen molar-refractivity contribution in [3.05, 3.63) is 0 Å². The number of rotatable bonds is 4. The van der Waals surface area contributed by atoms with Crippen molar-refractivity contribution in [1.29, 1.82) is 0 Å². The number of carboxylic acids is 1. The molecule has 0 aromatic carbocycles. The van der Waals surface area contributed by atoms with Crippen LogP contribution in [-0.4, -0.2) is 24.2 Å². The van der Waals surface area contributed by atoms with Gasteiger partial charge in [-0.05, 0) is 25.7 Å². The Morgan fingerprint density at radius 1 is 1.31 bits per heavy atom. The molecule has 16 heavy (non-hydrogen) atoms. The average Bonchev–Trinajstić information content (AvgIpc) is 2.28. The average molecular weight is 228 g/mol. The van der Waals surface area contributed by atoms with Gasteiger partial charge in [0.05, 0.1) is 18.9 Å². The molecule has 0 amide bonds. The summed E-state index contributed by atoms with van der Waals surface area (Å²) in [4.78, 5) is 22.7. The van der Waals surface area contributed by atoms with E-state index in [1.807, 2.05) is 0 Å². The van der Waals surface area contributed by atoms with Crippen molar-refractivity contribution in [3.63, 3.8) is 0 Å². The van der Waals surface area contributed by atoms with Gasteiger partial charge in [-0.25, -0.2) is 0 Å². The number of carbonyl (C=O) groups is 2. The van der Waals surface area contributed by atoms with Gasteiger partial charge in [0.15, 0.2) is 0 Å². The Hall–Kier alpha value is -1.06. The number of hydrogen-bond acceptors (Lipinski definition) is 3. The maximum Gasteiger partial charge on any atom is 0.312 e. The maximum absolute atomic E-state index is 11.8. The second-order valence-electron chi connectivity index (χ2n) is 4.81. The second-order valence-corrected chi connectivity index (χ2v) is 4.81. The number of hydrogen-bond donors (Lipinski definition) is 1. The fourth-order valence-corrected chi connectivity index (χ4v) is 2.67. The van der Waals surface area contributed by atoms with Crippen LogP contribution in [0.2, 0.25) is 0 Å². The Morgan fingerprint density at radius 3 is 2.31 bits per heavy atom. The van der Waals surface area contributed by atoms with E-state index in [0.29, 0.717) is 0 Å². The zero-order valence-electron chi connectivity index (χ0n) is 9.99. The van der Waals surface area contributed by atoms with Gasteiger partial charge in [0.1, 0.15) is 0 Å². The van der Waals surface area contributed by atoms with E-state index >= 15 is 0 Å². The first kappa shape index (κ1) is 13.0. The summed E-state index contributed by atoms with van der Waals surface area (Å²) >= 11 is 0. The molecule has 1 fully saturated rings.